The molecule has 0 N–H and O–H groups in total. The summed E-state index contributed by atoms with van der Waals surface area (Å²) in [4.78, 5) is 64.4. The molecular weight excluding hydrogens is 864 g/mol. The molecule has 12 nitrogen and oxygen atoms in total. The number of rotatable bonds is 27. The van der Waals surface area contributed by atoms with Gasteiger partial charge in [-0.3, -0.25) is 41.8 Å². The Kier molecular flexibility index (Phi) is 46.8. The van der Waals surface area contributed by atoms with Crippen LogP contribution in [0.25, 0.3) is 0 Å². The standard InChI is InChI=1S/C12H28NOP.C9H16O2.2C8H14O2.C6H15O4P2S2/c1-8-9-14-15(12(6)7)13(10(2)3)11(4)5;1-4-8(10)5-6-9(11)7(2)3;2*1-6(2)8(10)5-4-7(3)9;1-4-5-8-12(7,9-6(2)3)10-14(11)13/h10-12H,8-9H2,1-7H3;7H,4-6H2,1-3H3;2*6H,4-5H2,1-3H3;6,11H,4-5H2,1-3H3/q;;;;-1. The number of hydrogen-bond donors (Lipinski definition) is 0. The van der Waals surface area contributed by atoms with E-state index in [4.69, 9.17) is 28.7 Å². The van der Waals surface area contributed by atoms with Gasteiger partial charge in [0, 0.05) is 80.4 Å². The molecule has 17 heteroatoms. The second-order valence-corrected chi connectivity index (χ2v) is 23.9. The number of carbonyl (C=O) groups excluding carboxylic acids is 6. The van der Waals surface area contributed by atoms with Gasteiger partial charge in [0.1, 0.15) is 43.0 Å². The molecule has 0 spiro atoms. The zero-order chi connectivity index (χ0) is 48.3. The van der Waals surface area contributed by atoms with Crippen LogP contribution in [0.3, 0.4) is 0 Å². The molecule has 0 aliphatic rings. The number of hydrogen-bond acceptors (Lipinski definition) is 14. The molecule has 60 heavy (non-hydrogen) atoms. The van der Waals surface area contributed by atoms with Crippen LogP contribution >= 0.6 is 24.1 Å². The number of phosphoric acid groups is 1. The van der Waals surface area contributed by atoms with Gasteiger partial charge in [0.25, 0.3) is 0 Å². The van der Waals surface area contributed by atoms with E-state index in [9.17, 15) is 33.3 Å². The summed E-state index contributed by atoms with van der Waals surface area (Å²) in [6.45, 7) is 38.3. The summed E-state index contributed by atoms with van der Waals surface area (Å²) in [5, 5.41) is 0. The summed E-state index contributed by atoms with van der Waals surface area (Å²) in [6.07, 6.45) is 4.62. The smallest absolute Gasteiger partial charge is 0.383 e. The summed E-state index contributed by atoms with van der Waals surface area (Å²) in [7, 11) is -1.92. The minimum absolute atomic E-state index is 0.0688. The third-order valence-electron chi connectivity index (χ3n) is 7.53. The van der Waals surface area contributed by atoms with Gasteiger partial charge in [-0.2, -0.15) is 0 Å². The van der Waals surface area contributed by atoms with Crippen molar-refractivity contribution in [3.05, 3.63) is 0 Å². The lowest BCUT2D eigenvalue weighted by Gasteiger charge is -2.39. The lowest BCUT2D eigenvalue weighted by molar-refractivity contribution is -0.125. The van der Waals surface area contributed by atoms with Crippen molar-refractivity contribution in [3.63, 3.8) is 0 Å². The molecule has 0 rings (SSSR count). The first-order valence-corrected chi connectivity index (χ1v) is 27.5. The highest BCUT2D eigenvalue weighted by Gasteiger charge is 2.27. The van der Waals surface area contributed by atoms with Crippen LogP contribution in [0.15, 0.2) is 0 Å². The van der Waals surface area contributed by atoms with Crippen LogP contribution in [0, 0.1) is 17.8 Å². The van der Waals surface area contributed by atoms with Crippen molar-refractivity contribution in [2.45, 2.75) is 213 Å². The van der Waals surface area contributed by atoms with E-state index in [2.05, 4.69) is 61.2 Å². The number of Topliss-reactive ketones (excluding diaryl/α,β-unsaturated/α-hetero) is 6. The van der Waals surface area contributed by atoms with Crippen molar-refractivity contribution in [1.82, 2.24) is 4.67 Å². The number of phosphoric ester groups is 1. The molecule has 0 aliphatic carbocycles. The predicted molar refractivity (Wildman–Crippen MR) is 259 cm³/mol. The van der Waals surface area contributed by atoms with Crippen LogP contribution in [0.5, 0.6) is 0 Å². The first-order valence-electron chi connectivity index (χ1n) is 21.5. The molecule has 358 valence electrons. The van der Waals surface area contributed by atoms with E-state index in [1.165, 1.54) is 13.8 Å². The second-order valence-electron chi connectivity index (χ2n) is 16.2. The van der Waals surface area contributed by atoms with Crippen LogP contribution in [-0.4, -0.2) is 76.4 Å². The largest absolute Gasteiger partial charge is 0.456 e. The van der Waals surface area contributed by atoms with Gasteiger partial charge in [-0.25, -0.2) is 23.8 Å². The van der Waals surface area contributed by atoms with Gasteiger partial charge in [0.15, 0.2) is 0 Å². The highest BCUT2D eigenvalue weighted by molar-refractivity contribution is 8.37. The SMILES string of the molecule is CC(=O)CCC(=O)C(C)C.CC(=O)CCC(=O)C(C)C.CCC(=O)CCC(=O)C(C)C.CCCOP(=O)(OC(C)C)O[S-](=P)=S.CCCOP(C(C)C)N(C(C)C)C(C)C. The third kappa shape index (κ3) is 45.4. The van der Waals surface area contributed by atoms with E-state index in [0.717, 1.165) is 19.4 Å². The highest BCUT2D eigenvalue weighted by atomic mass is 32.9. The Balaban J connectivity index is -0.000000212. The predicted octanol–water partition coefficient (Wildman–Crippen LogP) is 12.4. The van der Waals surface area contributed by atoms with Gasteiger partial charge in [-0.1, -0.05) is 76.2 Å². The number of carbonyl (C=O) groups is 6. The second kappa shape index (κ2) is 41.1. The Morgan fingerprint density at radius 3 is 1.25 bits per heavy atom. The lowest BCUT2D eigenvalue weighted by atomic mass is 10.0. The maximum absolute atomic E-state index is 11.8. The van der Waals surface area contributed by atoms with Crippen molar-refractivity contribution < 1.29 is 50.9 Å². The first-order chi connectivity index (χ1) is 27.5. The summed E-state index contributed by atoms with van der Waals surface area (Å²) in [6, 6.07) is 1.13. The Hall–Kier alpha value is -0.650. The molecule has 2 atom stereocenters. The van der Waals surface area contributed by atoms with Crippen molar-refractivity contribution in [1.29, 1.82) is 0 Å². The Morgan fingerprint density at radius 2 is 1.00 bits per heavy atom. The van der Waals surface area contributed by atoms with E-state index in [-0.39, 0.29) is 58.6 Å². The zero-order valence-electron chi connectivity index (χ0n) is 41.0. The molecule has 0 aromatic rings. The van der Waals surface area contributed by atoms with Crippen LogP contribution in [0.2, 0.25) is 0 Å². The van der Waals surface area contributed by atoms with E-state index < -0.39 is 25.0 Å². The molecule has 0 fully saturated rings. The van der Waals surface area contributed by atoms with Gasteiger partial charge in [-0.05, 0) is 68.2 Å². The Bertz CT molecular complexity index is 1270. The van der Waals surface area contributed by atoms with Crippen molar-refractivity contribution in [2.75, 3.05) is 13.2 Å². The monoisotopic (exact) mass is 950 g/mol. The topological polar surface area (TPSA) is 160 Å². The summed E-state index contributed by atoms with van der Waals surface area (Å²) < 4.78 is 35.4. The zero-order valence-corrected chi connectivity index (χ0v) is 45.4. The van der Waals surface area contributed by atoms with Crippen LogP contribution in [0.4, 0.5) is 0 Å². The van der Waals surface area contributed by atoms with Gasteiger partial charge >= 0.3 is 7.82 Å². The first kappa shape index (κ1) is 68.4. The van der Waals surface area contributed by atoms with Crippen LogP contribution in [0.1, 0.15) is 189 Å². The molecule has 0 bridgehead atoms. The fraction of sp³-hybridized carbons (Fsp3) is 0.860. The molecule has 0 aromatic heterocycles. The summed E-state index contributed by atoms with van der Waals surface area (Å²) in [5.74, 6) is 1.11. The minimum Gasteiger partial charge on any atom is -0.383 e. The molecule has 0 amide bonds. The quantitative estimate of drug-likeness (QED) is 0.0566. The number of ketones is 6. The molecule has 0 aromatic carbocycles. The fourth-order valence-corrected chi connectivity index (χ4v) is 9.93. The van der Waals surface area contributed by atoms with E-state index in [1.54, 1.807) is 13.8 Å². The van der Waals surface area contributed by atoms with Gasteiger partial charge in [0.2, 0.25) is 0 Å². The molecule has 0 radical (unpaired) electrons. The van der Waals surface area contributed by atoms with Crippen LogP contribution < -0.4 is 0 Å². The molecule has 0 aliphatic heterocycles. The van der Waals surface area contributed by atoms with Gasteiger partial charge in [-0.15, -0.1) is 0 Å². The minimum atomic E-state index is -3.49. The molecule has 0 saturated heterocycles. The van der Waals surface area contributed by atoms with Crippen molar-refractivity contribution in [3.8, 4) is 0 Å². The Labute approximate surface area is 377 Å². The fourth-order valence-electron chi connectivity index (χ4n) is 4.24. The lowest BCUT2D eigenvalue weighted by Crippen LogP contribution is -2.35. The van der Waals surface area contributed by atoms with Gasteiger partial charge in [0.05, 0.1) is 19.3 Å². The molecule has 2 unspecified atom stereocenters. The summed E-state index contributed by atoms with van der Waals surface area (Å²) in [5.41, 5.74) is 0.608. The third-order valence-corrected chi connectivity index (χ3v) is 13.9. The average Bonchev–Trinajstić information content (AvgIpc) is 3.12. The van der Waals surface area contributed by atoms with Crippen LogP contribution in [-0.2, 0) is 71.0 Å². The van der Waals surface area contributed by atoms with E-state index in [1.807, 2.05) is 55.4 Å². The normalized spacial score (nSPS) is 12.6. The summed E-state index contributed by atoms with van der Waals surface area (Å²) >= 11 is 4.72. The Morgan fingerprint density at radius 1 is 0.633 bits per heavy atom. The van der Waals surface area contributed by atoms with E-state index in [0.29, 0.717) is 69.3 Å². The maximum Gasteiger partial charge on any atom is 0.456 e. The molecule has 0 saturated carbocycles. The average molecular weight is 951 g/mol. The van der Waals surface area contributed by atoms with Gasteiger partial charge < -0.3 is 18.1 Å². The maximum atomic E-state index is 11.8. The molecule has 0 heterocycles. The molecular formula is C43H87NO11P3S2-. The van der Waals surface area contributed by atoms with E-state index >= 15 is 0 Å². The number of nitrogens with zero attached hydrogens (tertiary/aromatic N) is 1. The van der Waals surface area contributed by atoms with Crippen molar-refractivity contribution >= 4 is 78.9 Å². The highest BCUT2D eigenvalue weighted by Crippen LogP contribution is 2.51. The van der Waals surface area contributed by atoms with Crippen molar-refractivity contribution in [2.24, 2.45) is 17.8 Å².